The smallest absolute Gasteiger partial charge is 0.419 e. The lowest BCUT2D eigenvalue weighted by atomic mass is 9.93. The van der Waals surface area contributed by atoms with Gasteiger partial charge in [-0.1, -0.05) is 59.7 Å². The topological polar surface area (TPSA) is 100 Å². The van der Waals surface area contributed by atoms with E-state index in [1.54, 1.807) is 25.1 Å². The van der Waals surface area contributed by atoms with Gasteiger partial charge < -0.3 is 14.0 Å². The number of nitro benzene ring substituents is 1. The van der Waals surface area contributed by atoms with E-state index >= 15 is 0 Å². The summed E-state index contributed by atoms with van der Waals surface area (Å²) in [5.41, 5.74) is -0.638. The Balaban J connectivity index is 1.71. The molecule has 1 atom stereocenters. The molecule has 0 N–H and O–H groups in total. The van der Waals surface area contributed by atoms with Crippen LogP contribution in [0.3, 0.4) is 0 Å². The first kappa shape index (κ1) is 34.6. The standard InChI is InChI=1S/C31H42F3N2O6P/c1-22-35-30(20-41-22,21-42-43(39,28(2,3)4)29(5,6)7)16-15-24-13-14-27(26(19-24)31(32,33)34)40-17-9-11-23-10-8-12-25(18-23)36(37)38/h8,10,12-14,18-19H,9,11,15-17,20-21H2,1-7H3. The van der Waals surface area contributed by atoms with Gasteiger partial charge in [-0.15, -0.1) is 0 Å². The van der Waals surface area contributed by atoms with E-state index in [1.165, 1.54) is 18.2 Å². The van der Waals surface area contributed by atoms with Crippen molar-refractivity contribution < 1.29 is 36.7 Å². The fraction of sp³-hybridized carbons (Fsp3) is 0.581. The van der Waals surface area contributed by atoms with E-state index in [4.69, 9.17) is 14.0 Å². The number of nitrogens with zero attached hydrogens (tertiary/aromatic N) is 2. The molecule has 0 aliphatic carbocycles. The first-order chi connectivity index (χ1) is 19.8. The van der Waals surface area contributed by atoms with Gasteiger partial charge in [-0.25, -0.2) is 4.99 Å². The minimum absolute atomic E-state index is 0.0124. The highest BCUT2D eigenvalue weighted by Gasteiger charge is 2.50. The second-order valence-electron chi connectivity index (χ2n) is 13.0. The van der Waals surface area contributed by atoms with Crippen molar-refractivity contribution in [1.82, 2.24) is 0 Å². The molecule has 0 spiro atoms. The first-order valence-corrected chi connectivity index (χ1v) is 15.9. The Bertz CT molecular complexity index is 1360. The zero-order valence-corrected chi connectivity index (χ0v) is 26.8. The van der Waals surface area contributed by atoms with Gasteiger partial charge in [0.1, 0.15) is 17.9 Å². The maximum atomic E-state index is 14.1. The number of hydrogen-bond donors (Lipinski definition) is 0. The lowest BCUT2D eigenvalue weighted by Gasteiger charge is -2.41. The predicted octanol–water partition coefficient (Wildman–Crippen LogP) is 8.64. The summed E-state index contributed by atoms with van der Waals surface area (Å²) in [4.78, 5) is 15.1. The number of aryl methyl sites for hydroxylation is 2. The number of ether oxygens (including phenoxy) is 2. The Hall–Kier alpha value is -2.91. The second-order valence-corrected chi connectivity index (χ2v) is 17.1. The molecule has 2 aromatic rings. The molecule has 238 valence electrons. The van der Waals surface area contributed by atoms with Gasteiger partial charge in [-0.3, -0.25) is 14.7 Å². The summed E-state index contributed by atoms with van der Waals surface area (Å²) in [6.07, 6.45) is -3.24. The van der Waals surface area contributed by atoms with Crippen molar-refractivity contribution in [3.05, 3.63) is 69.3 Å². The van der Waals surface area contributed by atoms with Crippen LogP contribution in [0.4, 0.5) is 18.9 Å². The molecule has 2 aromatic carbocycles. The van der Waals surface area contributed by atoms with Crippen molar-refractivity contribution in [3.8, 4) is 5.75 Å². The molecule has 3 rings (SSSR count). The molecule has 0 amide bonds. The van der Waals surface area contributed by atoms with Crippen LogP contribution in [0.25, 0.3) is 0 Å². The van der Waals surface area contributed by atoms with Gasteiger partial charge >= 0.3 is 6.18 Å². The van der Waals surface area contributed by atoms with Gasteiger partial charge in [-0.2, -0.15) is 13.2 Å². The Morgan fingerprint density at radius 3 is 2.23 bits per heavy atom. The van der Waals surface area contributed by atoms with E-state index in [-0.39, 0.29) is 37.7 Å². The summed E-state index contributed by atoms with van der Waals surface area (Å²) < 4.78 is 73.5. The van der Waals surface area contributed by atoms with E-state index in [2.05, 4.69) is 4.99 Å². The fourth-order valence-corrected chi connectivity index (χ4v) is 8.47. The summed E-state index contributed by atoms with van der Waals surface area (Å²) in [7, 11) is -3.19. The van der Waals surface area contributed by atoms with Gasteiger partial charge in [0.05, 0.1) is 23.7 Å². The summed E-state index contributed by atoms with van der Waals surface area (Å²) in [5.74, 6) is 0.178. The zero-order valence-electron chi connectivity index (χ0n) is 25.9. The molecular formula is C31H42F3N2O6P. The van der Waals surface area contributed by atoms with E-state index in [0.29, 0.717) is 36.3 Å². The van der Waals surface area contributed by atoms with Gasteiger partial charge in [0, 0.05) is 29.4 Å². The number of benzene rings is 2. The van der Waals surface area contributed by atoms with Crippen LogP contribution in [-0.4, -0.2) is 46.5 Å². The third kappa shape index (κ3) is 8.60. The van der Waals surface area contributed by atoms with E-state index in [0.717, 1.165) is 6.07 Å². The first-order valence-electron chi connectivity index (χ1n) is 14.3. The van der Waals surface area contributed by atoms with Gasteiger partial charge in [0.15, 0.2) is 5.90 Å². The highest BCUT2D eigenvalue weighted by molar-refractivity contribution is 7.62. The molecule has 0 aromatic heterocycles. The number of rotatable bonds is 12. The van der Waals surface area contributed by atoms with Crippen molar-refractivity contribution in [3.63, 3.8) is 0 Å². The maximum absolute atomic E-state index is 14.1. The van der Waals surface area contributed by atoms with Crippen LogP contribution in [0.2, 0.25) is 0 Å². The van der Waals surface area contributed by atoms with Crippen molar-refractivity contribution >= 4 is 19.0 Å². The Labute approximate surface area is 251 Å². The quantitative estimate of drug-likeness (QED) is 0.101. The number of non-ortho nitro benzene ring substituents is 1. The van der Waals surface area contributed by atoms with Crippen LogP contribution in [0.1, 0.15) is 78.0 Å². The summed E-state index contributed by atoms with van der Waals surface area (Å²) in [5, 5.41) is 9.72. The van der Waals surface area contributed by atoms with Crippen molar-refractivity contribution in [2.75, 3.05) is 19.8 Å². The molecule has 0 saturated heterocycles. The molecule has 0 fully saturated rings. The molecule has 1 heterocycles. The van der Waals surface area contributed by atoms with Crippen LogP contribution in [0.5, 0.6) is 5.75 Å². The van der Waals surface area contributed by atoms with Gasteiger partial charge in [0.2, 0.25) is 7.37 Å². The van der Waals surface area contributed by atoms with Crippen molar-refractivity contribution in [2.45, 2.75) is 96.2 Å². The molecule has 12 heteroatoms. The van der Waals surface area contributed by atoms with Crippen LogP contribution in [-0.2, 0) is 32.8 Å². The number of aliphatic imine (C=N–C) groups is 1. The summed E-state index contributed by atoms with van der Waals surface area (Å²) >= 11 is 0. The molecule has 1 aliphatic rings. The average molecular weight is 627 g/mol. The highest BCUT2D eigenvalue weighted by atomic mass is 31.2. The van der Waals surface area contributed by atoms with Crippen LogP contribution < -0.4 is 4.74 Å². The van der Waals surface area contributed by atoms with Crippen LogP contribution in [0, 0.1) is 10.1 Å². The lowest BCUT2D eigenvalue weighted by molar-refractivity contribution is -0.384. The number of alkyl halides is 3. The number of nitro groups is 1. The monoisotopic (exact) mass is 626 g/mol. The second kappa shape index (κ2) is 13.0. The van der Waals surface area contributed by atoms with Crippen LogP contribution in [0.15, 0.2) is 47.5 Å². The predicted molar refractivity (Wildman–Crippen MR) is 162 cm³/mol. The third-order valence-corrected chi connectivity index (χ3v) is 11.5. The summed E-state index contributed by atoms with van der Waals surface area (Å²) in [6.45, 7) is 13.2. The van der Waals surface area contributed by atoms with E-state index in [1.807, 2.05) is 41.5 Å². The zero-order chi connectivity index (χ0) is 32.3. The molecular weight excluding hydrogens is 584 g/mol. The minimum atomic E-state index is -4.64. The lowest BCUT2D eigenvalue weighted by Crippen LogP contribution is -2.38. The normalized spacial score (nSPS) is 17.9. The van der Waals surface area contributed by atoms with Crippen LogP contribution >= 0.6 is 7.37 Å². The molecule has 0 bridgehead atoms. The molecule has 8 nitrogen and oxygen atoms in total. The Kier molecular flexibility index (Phi) is 10.4. The van der Waals surface area contributed by atoms with Crippen molar-refractivity contribution in [2.24, 2.45) is 4.99 Å². The maximum Gasteiger partial charge on any atom is 0.419 e. The van der Waals surface area contributed by atoms with E-state index < -0.39 is 39.9 Å². The SMILES string of the molecule is CC1=NC(CCc2ccc(OCCCc3cccc([N+](=O)[O-])c3)c(C(F)(F)F)c2)(COP(=O)(C(C)(C)C)C(C)(C)C)CO1. The van der Waals surface area contributed by atoms with Gasteiger partial charge in [-0.05, 0) is 48.9 Å². The number of hydrogen-bond acceptors (Lipinski definition) is 7. The van der Waals surface area contributed by atoms with Gasteiger partial charge in [0.25, 0.3) is 5.69 Å². The third-order valence-electron chi connectivity index (χ3n) is 7.44. The average Bonchev–Trinajstić information content (AvgIpc) is 3.28. The molecule has 0 radical (unpaired) electrons. The minimum Gasteiger partial charge on any atom is -0.493 e. The Morgan fingerprint density at radius 1 is 1.02 bits per heavy atom. The molecule has 1 unspecified atom stereocenters. The van der Waals surface area contributed by atoms with Crippen molar-refractivity contribution in [1.29, 1.82) is 0 Å². The fourth-order valence-electron chi connectivity index (χ4n) is 5.26. The molecule has 1 aliphatic heterocycles. The molecule has 43 heavy (non-hydrogen) atoms. The highest BCUT2D eigenvalue weighted by Crippen LogP contribution is 2.67. The molecule has 0 saturated carbocycles. The largest absolute Gasteiger partial charge is 0.493 e. The summed E-state index contributed by atoms with van der Waals surface area (Å²) in [6, 6.07) is 10.1. The Morgan fingerprint density at radius 2 is 1.67 bits per heavy atom. The number of halogens is 3. The van der Waals surface area contributed by atoms with E-state index in [9.17, 15) is 27.9 Å².